The van der Waals surface area contributed by atoms with E-state index in [2.05, 4.69) is 10.00 Å². The summed E-state index contributed by atoms with van der Waals surface area (Å²) < 4.78 is 7.29. The van der Waals surface area contributed by atoms with Crippen LogP contribution in [0, 0.1) is 0 Å². The SMILES string of the molecule is O=C(O)c1ccc(CSc2nc(N3CCOCC3)c3cccn3n2)cc1. The number of hydrogen-bond acceptors (Lipinski definition) is 6. The minimum atomic E-state index is -0.916. The number of carboxylic acids is 1. The second-order valence-corrected chi connectivity index (χ2v) is 6.89. The molecule has 1 fully saturated rings. The first-order valence-corrected chi connectivity index (χ1v) is 9.32. The minimum absolute atomic E-state index is 0.290. The largest absolute Gasteiger partial charge is 0.478 e. The van der Waals surface area contributed by atoms with E-state index < -0.39 is 5.97 Å². The molecule has 0 radical (unpaired) electrons. The lowest BCUT2D eigenvalue weighted by Gasteiger charge is -2.28. The van der Waals surface area contributed by atoms with Gasteiger partial charge in [-0.2, -0.15) is 0 Å². The second-order valence-electron chi connectivity index (χ2n) is 5.95. The Kier molecular flexibility index (Phi) is 4.77. The average Bonchev–Trinajstić information content (AvgIpc) is 3.15. The normalized spacial score (nSPS) is 14.7. The maximum absolute atomic E-state index is 10.9. The van der Waals surface area contributed by atoms with Crippen LogP contribution < -0.4 is 4.90 Å². The Labute approximate surface area is 154 Å². The van der Waals surface area contributed by atoms with Gasteiger partial charge in [-0.15, -0.1) is 5.10 Å². The summed E-state index contributed by atoms with van der Waals surface area (Å²) >= 11 is 1.54. The number of benzene rings is 1. The van der Waals surface area contributed by atoms with Crippen molar-refractivity contribution in [1.29, 1.82) is 0 Å². The Morgan fingerprint density at radius 3 is 2.69 bits per heavy atom. The van der Waals surface area contributed by atoms with Gasteiger partial charge in [0.2, 0.25) is 5.16 Å². The van der Waals surface area contributed by atoms with Crippen LogP contribution in [0.4, 0.5) is 5.82 Å². The first kappa shape index (κ1) is 16.9. The molecule has 0 bridgehead atoms. The number of ether oxygens (including phenoxy) is 1. The van der Waals surface area contributed by atoms with E-state index in [0.29, 0.717) is 29.7 Å². The molecule has 1 aliphatic rings. The standard InChI is InChI=1S/C18H18N4O3S/c23-17(24)14-5-3-13(4-6-14)12-26-18-19-16(21-8-10-25-11-9-21)15-2-1-7-22(15)20-18/h1-7H,8-12H2,(H,23,24). The fraction of sp³-hybridized carbons (Fsp3) is 0.278. The number of thioether (sulfide) groups is 1. The van der Waals surface area contributed by atoms with Crippen molar-refractivity contribution in [2.45, 2.75) is 10.9 Å². The zero-order valence-electron chi connectivity index (χ0n) is 14.0. The number of carboxylic acid groups (broad SMARTS) is 1. The van der Waals surface area contributed by atoms with Crippen LogP contribution in [-0.4, -0.2) is 52.0 Å². The number of rotatable bonds is 5. The number of nitrogens with zero attached hydrogens (tertiary/aromatic N) is 4. The van der Waals surface area contributed by atoms with Gasteiger partial charge in [-0.3, -0.25) is 0 Å². The molecule has 3 heterocycles. The number of aromatic nitrogens is 3. The molecule has 7 nitrogen and oxygen atoms in total. The van der Waals surface area contributed by atoms with Gasteiger partial charge in [0.05, 0.1) is 18.8 Å². The topological polar surface area (TPSA) is 80.0 Å². The van der Waals surface area contributed by atoms with Crippen molar-refractivity contribution in [1.82, 2.24) is 14.6 Å². The van der Waals surface area contributed by atoms with Crippen molar-refractivity contribution in [2.24, 2.45) is 0 Å². The highest BCUT2D eigenvalue weighted by Gasteiger charge is 2.17. The van der Waals surface area contributed by atoms with Crippen LogP contribution in [-0.2, 0) is 10.5 Å². The average molecular weight is 370 g/mol. The molecule has 0 aliphatic carbocycles. The lowest BCUT2D eigenvalue weighted by Crippen LogP contribution is -2.37. The van der Waals surface area contributed by atoms with Crippen LogP contribution >= 0.6 is 11.8 Å². The molecule has 134 valence electrons. The van der Waals surface area contributed by atoms with Crippen molar-refractivity contribution in [3.05, 3.63) is 53.7 Å². The highest BCUT2D eigenvalue weighted by Crippen LogP contribution is 2.26. The number of carbonyl (C=O) groups is 1. The quantitative estimate of drug-likeness (QED) is 0.691. The summed E-state index contributed by atoms with van der Waals surface area (Å²) in [5.41, 5.74) is 2.31. The van der Waals surface area contributed by atoms with Gasteiger partial charge in [0, 0.05) is 25.0 Å². The molecule has 1 N–H and O–H groups in total. The smallest absolute Gasteiger partial charge is 0.335 e. The van der Waals surface area contributed by atoms with E-state index in [1.807, 2.05) is 35.0 Å². The van der Waals surface area contributed by atoms with Crippen LogP contribution in [0.25, 0.3) is 5.52 Å². The monoisotopic (exact) mass is 370 g/mol. The number of fused-ring (bicyclic) bond motifs is 1. The van der Waals surface area contributed by atoms with Crippen LogP contribution in [0.3, 0.4) is 0 Å². The van der Waals surface area contributed by atoms with Gasteiger partial charge >= 0.3 is 5.97 Å². The third-order valence-electron chi connectivity index (χ3n) is 4.23. The van der Waals surface area contributed by atoms with Crippen molar-refractivity contribution in [2.75, 3.05) is 31.2 Å². The number of anilines is 1. The molecule has 1 aromatic carbocycles. The van der Waals surface area contributed by atoms with E-state index in [9.17, 15) is 4.79 Å². The summed E-state index contributed by atoms with van der Waals surface area (Å²) in [7, 11) is 0. The van der Waals surface area contributed by atoms with E-state index in [1.54, 1.807) is 12.1 Å². The van der Waals surface area contributed by atoms with E-state index in [0.717, 1.165) is 30.0 Å². The Morgan fingerprint density at radius 2 is 1.96 bits per heavy atom. The lowest BCUT2D eigenvalue weighted by atomic mass is 10.1. The summed E-state index contributed by atoms with van der Waals surface area (Å²) in [4.78, 5) is 17.9. The molecule has 1 aliphatic heterocycles. The summed E-state index contributed by atoms with van der Waals surface area (Å²) in [6.45, 7) is 3.04. The Balaban J connectivity index is 1.55. The van der Waals surface area contributed by atoms with Gasteiger partial charge < -0.3 is 14.7 Å². The molecule has 0 spiro atoms. The van der Waals surface area contributed by atoms with Crippen LogP contribution in [0.2, 0.25) is 0 Å². The van der Waals surface area contributed by atoms with Crippen molar-refractivity contribution < 1.29 is 14.6 Å². The van der Waals surface area contributed by atoms with E-state index in [4.69, 9.17) is 14.8 Å². The summed E-state index contributed by atoms with van der Waals surface area (Å²) in [5, 5.41) is 14.2. The molecule has 0 saturated carbocycles. The highest BCUT2D eigenvalue weighted by molar-refractivity contribution is 7.98. The van der Waals surface area contributed by atoms with Gasteiger partial charge in [-0.05, 0) is 29.8 Å². The molecular weight excluding hydrogens is 352 g/mol. The van der Waals surface area contributed by atoms with Gasteiger partial charge in [-0.1, -0.05) is 23.9 Å². The highest BCUT2D eigenvalue weighted by atomic mass is 32.2. The van der Waals surface area contributed by atoms with Gasteiger partial charge in [-0.25, -0.2) is 14.3 Å². The van der Waals surface area contributed by atoms with E-state index >= 15 is 0 Å². The number of aromatic carboxylic acids is 1. The van der Waals surface area contributed by atoms with Gasteiger partial charge in [0.15, 0.2) is 5.82 Å². The Hall–Kier alpha value is -2.58. The fourth-order valence-electron chi connectivity index (χ4n) is 2.86. The zero-order valence-corrected chi connectivity index (χ0v) is 14.9. The third kappa shape index (κ3) is 3.51. The summed E-state index contributed by atoms with van der Waals surface area (Å²) in [6.07, 6.45) is 1.92. The maximum atomic E-state index is 10.9. The third-order valence-corrected chi connectivity index (χ3v) is 5.14. The van der Waals surface area contributed by atoms with E-state index in [-0.39, 0.29) is 0 Å². The molecule has 0 unspecified atom stereocenters. The molecule has 2 aromatic heterocycles. The van der Waals surface area contributed by atoms with Gasteiger partial charge in [0.1, 0.15) is 5.52 Å². The van der Waals surface area contributed by atoms with Crippen LogP contribution in [0.1, 0.15) is 15.9 Å². The Morgan fingerprint density at radius 1 is 1.19 bits per heavy atom. The molecule has 1 saturated heterocycles. The van der Waals surface area contributed by atoms with Gasteiger partial charge in [0.25, 0.3) is 0 Å². The second kappa shape index (κ2) is 7.35. The number of morpholine rings is 1. The molecule has 26 heavy (non-hydrogen) atoms. The van der Waals surface area contributed by atoms with Crippen LogP contribution in [0.15, 0.2) is 47.8 Å². The fourth-order valence-corrected chi connectivity index (χ4v) is 3.64. The zero-order chi connectivity index (χ0) is 17.9. The van der Waals surface area contributed by atoms with Crippen molar-refractivity contribution in [3.63, 3.8) is 0 Å². The van der Waals surface area contributed by atoms with Crippen molar-refractivity contribution in [3.8, 4) is 0 Å². The predicted octanol–water partition coefficient (Wildman–Crippen LogP) is 2.56. The predicted molar refractivity (Wildman–Crippen MR) is 99.0 cm³/mol. The molecular formula is C18H18N4O3S. The first-order chi connectivity index (χ1) is 12.7. The lowest BCUT2D eigenvalue weighted by molar-refractivity contribution is 0.0697. The minimum Gasteiger partial charge on any atom is -0.478 e. The summed E-state index contributed by atoms with van der Waals surface area (Å²) in [6, 6.07) is 10.9. The van der Waals surface area contributed by atoms with Crippen molar-refractivity contribution >= 4 is 29.1 Å². The molecule has 4 rings (SSSR count). The molecule has 0 atom stereocenters. The summed E-state index contributed by atoms with van der Waals surface area (Å²) in [5.74, 6) is 0.688. The molecule has 0 amide bonds. The van der Waals surface area contributed by atoms with Crippen LogP contribution in [0.5, 0.6) is 0 Å². The van der Waals surface area contributed by atoms with E-state index in [1.165, 1.54) is 11.8 Å². The molecule has 3 aromatic rings. The number of hydrogen-bond donors (Lipinski definition) is 1. The molecule has 8 heteroatoms. The Bertz CT molecular complexity index is 920. The maximum Gasteiger partial charge on any atom is 0.335 e. The first-order valence-electron chi connectivity index (χ1n) is 8.34.